The van der Waals surface area contributed by atoms with Crippen molar-refractivity contribution < 1.29 is 0 Å². The smallest absolute Gasteiger partial charge is 0.261 e. The first-order valence-corrected chi connectivity index (χ1v) is 13.1. The second kappa shape index (κ2) is 17.3. The third-order valence-corrected chi connectivity index (χ3v) is 8.99. The standard InChI is InChI=1S/2C7H15N.3C2H5.Al/c2*1-2-8-6-4-3-5-7-8;3*1-2;/h2*2-7H2,1H3;3*1H2,2H3;. The Kier molecular flexibility index (Phi) is 17.6. The summed E-state index contributed by atoms with van der Waals surface area (Å²) < 4.78 is 0. The molecule has 0 aliphatic carbocycles. The summed E-state index contributed by atoms with van der Waals surface area (Å²) in [6.07, 6.45) is 8.61. The van der Waals surface area contributed by atoms with Crippen LogP contribution in [0.15, 0.2) is 0 Å². The van der Waals surface area contributed by atoms with Crippen molar-refractivity contribution in [3.8, 4) is 0 Å². The molecular weight excluding hydrogens is 295 g/mol. The zero-order chi connectivity index (χ0) is 17.3. The maximum absolute atomic E-state index is 2.52. The van der Waals surface area contributed by atoms with E-state index in [0.717, 1.165) is 0 Å². The molecule has 0 amide bonds. The Hall–Kier alpha value is 0.452. The van der Waals surface area contributed by atoms with E-state index in [1.807, 2.05) is 0 Å². The van der Waals surface area contributed by atoms with Gasteiger partial charge in [0.05, 0.1) is 0 Å². The molecular formula is C20H45AlN2. The molecule has 0 spiro atoms. The highest BCUT2D eigenvalue weighted by atomic mass is 27.2. The lowest BCUT2D eigenvalue weighted by Crippen LogP contribution is -2.29. The summed E-state index contributed by atoms with van der Waals surface area (Å²) in [5, 5.41) is 4.48. The molecule has 0 saturated carbocycles. The van der Waals surface area contributed by atoms with Crippen LogP contribution in [0.2, 0.25) is 15.8 Å². The third kappa shape index (κ3) is 13.4. The highest BCUT2D eigenvalue weighted by Crippen LogP contribution is 2.07. The molecule has 0 bridgehead atoms. The summed E-state index contributed by atoms with van der Waals surface area (Å²) in [5.74, 6) is 0. The molecule has 2 nitrogen and oxygen atoms in total. The fourth-order valence-electron chi connectivity index (χ4n) is 3.42. The van der Waals surface area contributed by atoms with Gasteiger partial charge in [0.1, 0.15) is 0 Å². The highest BCUT2D eigenvalue weighted by molar-refractivity contribution is 6.58. The Labute approximate surface area is 152 Å². The van der Waals surface area contributed by atoms with Gasteiger partial charge in [-0.3, -0.25) is 0 Å². The summed E-state index contributed by atoms with van der Waals surface area (Å²) in [4.78, 5) is 5.03. The lowest BCUT2D eigenvalue weighted by molar-refractivity contribution is 0.240. The van der Waals surface area contributed by atoms with Crippen molar-refractivity contribution in [2.24, 2.45) is 0 Å². The van der Waals surface area contributed by atoms with Gasteiger partial charge in [0.2, 0.25) is 0 Å². The summed E-state index contributed by atoms with van der Waals surface area (Å²) in [5.41, 5.74) is 0. The van der Waals surface area contributed by atoms with Crippen LogP contribution in [0.1, 0.15) is 73.1 Å². The molecule has 23 heavy (non-hydrogen) atoms. The van der Waals surface area contributed by atoms with Gasteiger partial charge in [-0.1, -0.05) is 63.3 Å². The Morgan fingerprint density at radius 3 is 0.957 bits per heavy atom. The van der Waals surface area contributed by atoms with E-state index in [1.54, 1.807) is 0 Å². The average Bonchev–Trinajstić information content (AvgIpc) is 2.65. The van der Waals surface area contributed by atoms with Crippen molar-refractivity contribution >= 4 is 14.1 Å². The molecule has 0 radical (unpaired) electrons. The molecule has 3 heteroatoms. The van der Waals surface area contributed by atoms with Gasteiger partial charge in [0.25, 0.3) is 14.1 Å². The monoisotopic (exact) mass is 340 g/mol. The van der Waals surface area contributed by atoms with Crippen molar-refractivity contribution in [3.05, 3.63) is 0 Å². The number of likely N-dealkylation sites (tertiary alicyclic amines) is 2. The van der Waals surface area contributed by atoms with Crippen LogP contribution in [0.3, 0.4) is 0 Å². The number of nitrogens with zero attached hydrogens (tertiary/aromatic N) is 2. The van der Waals surface area contributed by atoms with Gasteiger partial charge in [-0.2, -0.15) is 0 Å². The van der Waals surface area contributed by atoms with Crippen LogP contribution < -0.4 is 0 Å². The van der Waals surface area contributed by atoms with E-state index in [2.05, 4.69) is 44.4 Å². The minimum atomic E-state index is -0.171. The third-order valence-electron chi connectivity index (χ3n) is 5.52. The SMILES string of the molecule is CCN1CCCCC1.CCN1CCCCC1.C[CH2][Al]([CH2]C)[CH2]C. The van der Waals surface area contributed by atoms with E-state index in [-0.39, 0.29) is 14.1 Å². The van der Waals surface area contributed by atoms with E-state index in [0.29, 0.717) is 0 Å². The molecule has 2 aliphatic rings. The molecule has 2 rings (SSSR count). The molecule has 0 aromatic carbocycles. The predicted octanol–water partition coefficient (Wildman–Crippen LogP) is 5.53. The molecule has 138 valence electrons. The summed E-state index contributed by atoms with van der Waals surface area (Å²) in [6, 6.07) is 0. The van der Waals surface area contributed by atoms with Gasteiger partial charge < -0.3 is 9.80 Å². The molecule has 2 saturated heterocycles. The van der Waals surface area contributed by atoms with Gasteiger partial charge in [-0.25, -0.2) is 0 Å². The Morgan fingerprint density at radius 1 is 0.522 bits per heavy atom. The number of piperidine rings is 2. The molecule has 0 unspecified atom stereocenters. The molecule has 2 heterocycles. The van der Waals surface area contributed by atoms with Gasteiger partial charge >= 0.3 is 0 Å². The normalized spacial score (nSPS) is 19.2. The molecule has 0 aromatic heterocycles. The number of rotatable bonds is 5. The number of hydrogen-bond acceptors (Lipinski definition) is 2. The highest BCUT2D eigenvalue weighted by Gasteiger charge is 2.07. The Morgan fingerprint density at radius 2 is 0.826 bits per heavy atom. The fourth-order valence-corrected chi connectivity index (χ4v) is 5.15. The van der Waals surface area contributed by atoms with Crippen LogP contribution in [0.4, 0.5) is 0 Å². The molecule has 0 N–H and O–H groups in total. The Bertz CT molecular complexity index is 196. The first kappa shape index (κ1) is 23.5. The molecule has 2 aliphatic heterocycles. The molecule has 0 atom stereocenters. The van der Waals surface area contributed by atoms with Crippen LogP contribution in [0, 0.1) is 0 Å². The van der Waals surface area contributed by atoms with Crippen LogP contribution in [-0.4, -0.2) is 63.2 Å². The summed E-state index contributed by atoms with van der Waals surface area (Å²) >= 11 is -0.171. The summed E-state index contributed by atoms with van der Waals surface area (Å²) in [6.45, 7) is 19.3. The van der Waals surface area contributed by atoms with Crippen molar-refractivity contribution in [2.45, 2.75) is 89.0 Å². The second-order valence-corrected chi connectivity index (χ2v) is 11.3. The van der Waals surface area contributed by atoms with E-state index >= 15 is 0 Å². The van der Waals surface area contributed by atoms with Crippen molar-refractivity contribution in [3.63, 3.8) is 0 Å². The molecule has 2 fully saturated rings. The minimum absolute atomic E-state index is 0.171. The van der Waals surface area contributed by atoms with Gasteiger partial charge in [-0.15, -0.1) is 0 Å². The van der Waals surface area contributed by atoms with E-state index < -0.39 is 0 Å². The first-order valence-electron chi connectivity index (χ1n) is 10.7. The Balaban J connectivity index is 0.000000317. The van der Waals surface area contributed by atoms with Crippen LogP contribution in [0.25, 0.3) is 0 Å². The topological polar surface area (TPSA) is 6.48 Å². The van der Waals surface area contributed by atoms with Crippen LogP contribution in [0.5, 0.6) is 0 Å². The number of hydrogen-bond donors (Lipinski definition) is 0. The fraction of sp³-hybridized carbons (Fsp3) is 1.00. The lowest BCUT2D eigenvalue weighted by atomic mass is 10.1. The predicted molar refractivity (Wildman–Crippen MR) is 109 cm³/mol. The summed E-state index contributed by atoms with van der Waals surface area (Å²) in [7, 11) is 0. The first-order chi connectivity index (χ1) is 11.2. The zero-order valence-corrected chi connectivity index (χ0v) is 18.2. The van der Waals surface area contributed by atoms with Gasteiger partial charge in [0, 0.05) is 0 Å². The minimum Gasteiger partial charge on any atom is -0.304 e. The lowest BCUT2D eigenvalue weighted by Gasteiger charge is -2.24. The van der Waals surface area contributed by atoms with Crippen molar-refractivity contribution in [2.75, 3.05) is 39.3 Å². The van der Waals surface area contributed by atoms with Crippen molar-refractivity contribution in [1.82, 2.24) is 9.80 Å². The maximum Gasteiger partial charge on any atom is 0.261 e. The molecule has 0 aromatic rings. The quantitative estimate of drug-likeness (QED) is 0.608. The largest absolute Gasteiger partial charge is 0.304 e. The average molecular weight is 341 g/mol. The zero-order valence-electron chi connectivity index (χ0n) is 17.1. The van der Waals surface area contributed by atoms with E-state index in [9.17, 15) is 0 Å². The van der Waals surface area contributed by atoms with Gasteiger partial charge in [-0.05, 0) is 65.0 Å². The van der Waals surface area contributed by atoms with E-state index in [4.69, 9.17) is 0 Å². The van der Waals surface area contributed by atoms with E-state index in [1.165, 1.54) is 93.6 Å². The van der Waals surface area contributed by atoms with Crippen LogP contribution >= 0.6 is 0 Å². The maximum atomic E-state index is 2.52. The van der Waals surface area contributed by atoms with Gasteiger partial charge in [0.15, 0.2) is 0 Å². The van der Waals surface area contributed by atoms with Crippen LogP contribution in [-0.2, 0) is 0 Å². The van der Waals surface area contributed by atoms with Crippen molar-refractivity contribution in [1.29, 1.82) is 0 Å². The second-order valence-electron chi connectivity index (χ2n) is 7.08.